The lowest BCUT2D eigenvalue weighted by Gasteiger charge is -2.20. The standard InChI is InChI=1S/C16H20N4O3/c1-10(2)14(19-11(3)21)16(22)17-8-12-4-6-13(7-5-12)15-18-9-23-20-15/h4-7,9-10,14H,8H2,1-3H3,(H,17,22)(H,19,21)/t14-/m0/s1. The van der Waals surface area contributed by atoms with Gasteiger partial charge in [0.1, 0.15) is 6.04 Å². The summed E-state index contributed by atoms with van der Waals surface area (Å²) in [6.07, 6.45) is 1.28. The van der Waals surface area contributed by atoms with E-state index in [1.807, 2.05) is 38.1 Å². The zero-order valence-electron chi connectivity index (χ0n) is 13.4. The van der Waals surface area contributed by atoms with Crippen molar-refractivity contribution < 1.29 is 14.1 Å². The van der Waals surface area contributed by atoms with Crippen molar-refractivity contribution in [3.05, 3.63) is 36.2 Å². The number of benzene rings is 1. The summed E-state index contributed by atoms with van der Waals surface area (Å²) in [6, 6.07) is 6.95. The molecule has 7 nitrogen and oxygen atoms in total. The van der Waals surface area contributed by atoms with Crippen molar-refractivity contribution >= 4 is 11.8 Å². The Balaban J connectivity index is 1.94. The van der Waals surface area contributed by atoms with E-state index >= 15 is 0 Å². The van der Waals surface area contributed by atoms with Gasteiger partial charge in [0.25, 0.3) is 0 Å². The van der Waals surface area contributed by atoms with E-state index in [-0.39, 0.29) is 17.7 Å². The normalized spacial score (nSPS) is 12.0. The first kappa shape index (κ1) is 16.7. The van der Waals surface area contributed by atoms with E-state index in [4.69, 9.17) is 4.52 Å². The number of hydrogen-bond acceptors (Lipinski definition) is 5. The number of aromatic nitrogens is 2. The molecule has 0 aliphatic carbocycles. The Morgan fingerprint density at radius 1 is 1.22 bits per heavy atom. The molecular weight excluding hydrogens is 296 g/mol. The molecule has 1 heterocycles. The molecule has 7 heteroatoms. The van der Waals surface area contributed by atoms with E-state index < -0.39 is 6.04 Å². The highest BCUT2D eigenvalue weighted by Crippen LogP contribution is 2.15. The van der Waals surface area contributed by atoms with Crippen molar-refractivity contribution in [2.45, 2.75) is 33.4 Å². The third-order valence-electron chi connectivity index (χ3n) is 3.35. The molecule has 0 unspecified atom stereocenters. The molecule has 2 rings (SSSR count). The first-order valence-corrected chi connectivity index (χ1v) is 7.38. The van der Waals surface area contributed by atoms with Crippen LogP contribution in [-0.2, 0) is 16.1 Å². The van der Waals surface area contributed by atoms with Gasteiger partial charge in [0.15, 0.2) is 0 Å². The minimum Gasteiger partial charge on any atom is -0.350 e. The zero-order chi connectivity index (χ0) is 16.8. The van der Waals surface area contributed by atoms with Gasteiger partial charge < -0.3 is 15.2 Å². The van der Waals surface area contributed by atoms with Crippen molar-refractivity contribution in [1.29, 1.82) is 0 Å². The quantitative estimate of drug-likeness (QED) is 0.842. The predicted octanol–water partition coefficient (Wildman–Crippen LogP) is 1.51. The molecule has 0 aliphatic rings. The Kier molecular flexibility index (Phi) is 5.46. The molecule has 0 saturated heterocycles. The van der Waals surface area contributed by atoms with Crippen molar-refractivity contribution in [3.8, 4) is 11.4 Å². The van der Waals surface area contributed by atoms with Gasteiger partial charge >= 0.3 is 0 Å². The van der Waals surface area contributed by atoms with E-state index in [1.165, 1.54) is 13.3 Å². The molecule has 2 aromatic rings. The number of carbonyl (C=O) groups is 2. The monoisotopic (exact) mass is 316 g/mol. The number of nitrogens with one attached hydrogen (secondary N) is 2. The molecule has 0 bridgehead atoms. The molecule has 1 atom stereocenters. The molecule has 0 fully saturated rings. The van der Waals surface area contributed by atoms with E-state index in [0.29, 0.717) is 12.4 Å². The summed E-state index contributed by atoms with van der Waals surface area (Å²) in [5, 5.41) is 9.27. The highest BCUT2D eigenvalue weighted by atomic mass is 16.5. The molecule has 2 amide bonds. The van der Waals surface area contributed by atoms with Gasteiger partial charge in [-0.1, -0.05) is 43.3 Å². The second kappa shape index (κ2) is 7.53. The molecule has 0 spiro atoms. The van der Waals surface area contributed by atoms with Gasteiger partial charge in [-0.3, -0.25) is 9.59 Å². The minimum atomic E-state index is -0.536. The SMILES string of the molecule is CC(=O)N[C@H](C(=O)NCc1ccc(-c2ncon2)cc1)C(C)C. The maximum atomic E-state index is 12.2. The fourth-order valence-electron chi connectivity index (χ4n) is 2.12. The third kappa shape index (κ3) is 4.64. The Labute approximate surface area is 134 Å². The molecule has 2 N–H and O–H groups in total. The summed E-state index contributed by atoms with van der Waals surface area (Å²) in [6.45, 7) is 5.56. The fourth-order valence-corrected chi connectivity index (χ4v) is 2.12. The molecule has 122 valence electrons. The van der Waals surface area contributed by atoms with Gasteiger partial charge in [-0.05, 0) is 11.5 Å². The van der Waals surface area contributed by atoms with Gasteiger partial charge in [0, 0.05) is 19.0 Å². The lowest BCUT2D eigenvalue weighted by Crippen LogP contribution is -2.48. The average molecular weight is 316 g/mol. The van der Waals surface area contributed by atoms with Crippen LogP contribution in [0.4, 0.5) is 0 Å². The topological polar surface area (TPSA) is 97.1 Å². The fraction of sp³-hybridized carbons (Fsp3) is 0.375. The van der Waals surface area contributed by atoms with Gasteiger partial charge in [-0.2, -0.15) is 4.98 Å². The number of rotatable bonds is 6. The first-order valence-electron chi connectivity index (χ1n) is 7.38. The number of amides is 2. The first-order chi connectivity index (χ1) is 11.0. The predicted molar refractivity (Wildman–Crippen MR) is 84.0 cm³/mol. The number of nitrogens with zero attached hydrogens (tertiary/aromatic N) is 2. The molecule has 23 heavy (non-hydrogen) atoms. The van der Waals surface area contributed by atoms with Crippen LogP contribution < -0.4 is 10.6 Å². The van der Waals surface area contributed by atoms with Gasteiger partial charge in [0.2, 0.25) is 24.0 Å². The van der Waals surface area contributed by atoms with Crippen LogP contribution in [0.15, 0.2) is 35.2 Å². The summed E-state index contributed by atoms with van der Waals surface area (Å²) in [5.74, 6) is 0.117. The summed E-state index contributed by atoms with van der Waals surface area (Å²) < 4.78 is 4.71. The lowest BCUT2D eigenvalue weighted by molar-refractivity contribution is -0.129. The summed E-state index contributed by atoms with van der Waals surface area (Å²) >= 11 is 0. The molecule has 0 aliphatic heterocycles. The minimum absolute atomic E-state index is 0.0134. The van der Waals surface area contributed by atoms with Gasteiger partial charge in [-0.25, -0.2) is 0 Å². The van der Waals surface area contributed by atoms with E-state index in [9.17, 15) is 9.59 Å². The van der Waals surface area contributed by atoms with Crippen LogP contribution in [0.5, 0.6) is 0 Å². The summed E-state index contributed by atoms with van der Waals surface area (Å²) in [5.41, 5.74) is 1.78. The van der Waals surface area contributed by atoms with Crippen molar-refractivity contribution in [1.82, 2.24) is 20.8 Å². The molecule has 0 saturated carbocycles. The van der Waals surface area contributed by atoms with E-state index in [0.717, 1.165) is 11.1 Å². The Morgan fingerprint density at radius 3 is 2.43 bits per heavy atom. The van der Waals surface area contributed by atoms with Gasteiger partial charge in [0.05, 0.1) is 0 Å². The van der Waals surface area contributed by atoms with Crippen LogP contribution in [0, 0.1) is 5.92 Å². The van der Waals surface area contributed by atoms with Crippen molar-refractivity contribution in [2.75, 3.05) is 0 Å². The van der Waals surface area contributed by atoms with Crippen LogP contribution in [-0.4, -0.2) is 28.0 Å². The Hall–Kier alpha value is -2.70. The Morgan fingerprint density at radius 2 is 1.91 bits per heavy atom. The third-order valence-corrected chi connectivity index (χ3v) is 3.35. The van der Waals surface area contributed by atoms with Crippen molar-refractivity contribution in [3.63, 3.8) is 0 Å². The van der Waals surface area contributed by atoms with Crippen LogP contribution >= 0.6 is 0 Å². The van der Waals surface area contributed by atoms with Crippen LogP contribution in [0.1, 0.15) is 26.3 Å². The molecule has 0 radical (unpaired) electrons. The molecule has 1 aromatic heterocycles. The maximum absolute atomic E-state index is 12.2. The average Bonchev–Trinajstić information content (AvgIpc) is 3.04. The molecular formula is C16H20N4O3. The summed E-state index contributed by atoms with van der Waals surface area (Å²) in [4.78, 5) is 27.3. The van der Waals surface area contributed by atoms with Crippen LogP contribution in [0.2, 0.25) is 0 Å². The Bertz CT molecular complexity index is 650. The smallest absolute Gasteiger partial charge is 0.243 e. The highest BCUT2D eigenvalue weighted by Gasteiger charge is 2.22. The maximum Gasteiger partial charge on any atom is 0.243 e. The second-order valence-electron chi connectivity index (χ2n) is 5.59. The lowest BCUT2D eigenvalue weighted by atomic mass is 10.0. The van der Waals surface area contributed by atoms with Crippen LogP contribution in [0.25, 0.3) is 11.4 Å². The van der Waals surface area contributed by atoms with Gasteiger partial charge in [-0.15, -0.1) is 0 Å². The summed E-state index contributed by atoms with van der Waals surface area (Å²) in [7, 11) is 0. The van der Waals surface area contributed by atoms with Crippen molar-refractivity contribution in [2.24, 2.45) is 5.92 Å². The van der Waals surface area contributed by atoms with E-state index in [1.54, 1.807) is 0 Å². The largest absolute Gasteiger partial charge is 0.350 e. The number of carbonyl (C=O) groups excluding carboxylic acids is 2. The van der Waals surface area contributed by atoms with E-state index in [2.05, 4.69) is 20.8 Å². The molecule has 1 aromatic carbocycles. The zero-order valence-corrected chi connectivity index (χ0v) is 13.4. The number of hydrogen-bond donors (Lipinski definition) is 2. The van der Waals surface area contributed by atoms with Crippen LogP contribution in [0.3, 0.4) is 0 Å². The highest BCUT2D eigenvalue weighted by molar-refractivity contribution is 5.87. The second-order valence-corrected chi connectivity index (χ2v) is 5.59.